The Hall–Kier alpha value is -1.46. The second-order valence-corrected chi connectivity index (χ2v) is 4.63. The van der Waals surface area contributed by atoms with E-state index in [0.29, 0.717) is 13.0 Å². The highest BCUT2D eigenvalue weighted by Gasteiger charge is 2.19. The van der Waals surface area contributed by atoms with Crippen LogP contribution in [0.5, 0.6) is 0 Å². The summed E-state index contributed by atoms with van der Waals surface area (Å²) >= 11 is 0. The van der Waals surface area contributed by atoms with E-state index in [0.717, 1.165) is 19.5 Å². The highest BCUT2D eigenvalue weighted by Crippen LogP contribution is 2.13. The van der Waals surface area contributed by atoms with Crippen molar-refractivity contribution in [2.24, 2.45) is 5.73 Å². The van der Waals surface area contributed by atoms with E-state index in [1.165, 1.54) is 6.07 Å². The van der Waals surface area contributed by atoms with Crippen molar-refractivity contribution in [3.63, 3.8) is 0 Å². The molecule has 1 atom stereocenters. The SMILES string of the molecule is NC1CCN(CCC(=O)Nc2ccccc2F)C1. The lowest BCUT2D eigenvalue weighted by atomic mass is 10.3. The summed E-state index contributed by atoms with van der Waals surface area (Å²) in [4.78, 5) is 13.8. The van der Waals surface area contributed by atoms with Crippen LogP contribution < -0.4 is 11.1 Å². The molecule has 0 bridgehead atoms. The molecule has 5 heteroatoms. The summed E-state index contributed by atoms with van der Waals surface area (Å²) in [6.45, 7) is 2.45. The van der Waals surface area contributed by atoms with Crippen molar-refractivity contribution in [2.75, 3.05) is 25.0 Å². The highest BCUT2D eigenvalue weighted by atomic mass is 19.1. The third kappa shape index (κ3) is 3.51. The lowest BCUT2D eigenvalue weighted by Gasteiger charge is -2.14. The van der Waals surface area contributed by atoms with Gasteiger partial charge in [-0.3, -0.25) is 4.79 Å². The normalized spacial score (nSPS) is 20.0. The summed E-state index contributed by atoms with van der Waals surface area (Å²) in [5.74, 6) is -0.574. The van der Waals surface area contributed by atoms with E-state index in [-0.39, 0.29) is 17.6 Å². The third-order valence-electron chi connectivity index (χ3n) is 3.11. The smallest absolute Gasteiger partial charge is 0.225 e. The summed E-state index contributed by atoms with van der Waals surface area (Å²) < 4.78 is 13.3. The Labute approximate surface area is 106 Å². The van der Waals surface area contributed by atoms with E-state index in [2.05, 4.69) is 10.2 Å². The predicted molar refractivity (Wildman–Crippen MR) is 68.7 cm³/mol. The first-order valence-corrected chi connectivity index (χ1v) is 6.17. The number of carbonyl (C=O) groups excluding carboxylic acids is 1. The Bertz CT molecular complexity index is 424. The van der Waals surface area contributed by atoms with Gasteiger partial charge in [0.2, 0.25) is 5.91 Å². The van der Waals surface area contributed by atoms with E-state index in [9.17, 15) is 9.18 Å². The fourth-order valence-corrected chi connectivity index (χ4v) is 2.10. The second-order valence-electron chi connectivity index (χ2n) is 4.63. The average Bonchev–Trinajstić information content (AvgIpc) is 2.76. The van der Waals surface area contributed by atoms with Crippen molar-refractivity contribution in [3.8, 4) is 0 Å². The van der Waals surface area contributed by atoms with Crippen LogP contribution in [0.2, 0.25) is 0 Å². The zero-order valence-electron chi connectivity index (χ0n) is 10.2. The third-order valence-corrected chi connectivity index (χ3v) is 3.11. The molecule has 1 heterocycles. The van der Waals surface area contributed by atoms with Gasteiger partial charge in [-0.2, -0.15) is 0 Å². The van der Waals surface area contributed by atoms with E-state index in [4.69, 9.17) is 5.73 Å². The summed E-state index contributed by atoms with van der Waals surface area (Å²) in [7, 11) is 0. The Balaban J connectivity index is 1.77. The maximum Gasteiger partial charge on any atom is 0.225 e. The van der Waals surface area contributed by atoms with Gasteiger partial charge in [0.1, 0.15) is 5.82 Å². The number of nitrogens with one attached hydrogen (secondary N) is 1. The maximum absolute atomic E-state index is 13.3. The van der Waals surface area contributed by atoms with Crippen LogP contribution in [0.4, 0.5) is 10.1 Å². The monoisotopic (exact) mass is 251 g/mol. The van der Waals surface area contributed by atoms with Crippen LogP contribution in [-0.2, 0) is 4.79 Å². The number of benzene rings is 1. The zero-order valence-corrected chi connectivity index (χ0v) is 10.2. The number of nitrogens with zero attached hydrogens (tertiary/aromatic N) is 1. The maximum atomic E-state index is 13.3. The van der Waals surface area contributed by atoms with Crippen molar-refractivity contribution in [3.05, 3.63) is 30.1 Å². The molecule has 0 radical (unpaired) electrons. The van der Waals surface area contributed by atoms with Crippen LogP contribution in [0.25, 0.3) is 0 Å². The van der Waals surface area contributed by atoms with Gasteiger partial charge in [0.25, 0.3) is 0 Å². The van der Waals surface area contributed by atoms with E-state index < -0.39 is 5.82 Å². The molecule has 18 heavy (non-hydrogen) atoms. The summed E-state index contributed by atoms with van der Waals surface area (Å²) in [5, 5.41) is 2.57. The molecule has 1 aromatic rings. The number of para-hydroxylation sites is 1. The van der Waals surface area contributed by atoms with Crippen molar-refractivity contribution >= 4 is 11.6 Å². The van der Waals surface area contributed by atoms with Crippen LogP contribution in [-0.4, -0.2) is 36.5 Å². The molecule has 1 aromatic carbocycles. The quantitative estimate of drug-likeness (QED) is 0.845. The molecule has 0 spiro atoms. The van der Waals surface area contributed by atoms with Crippen LogP contribution in [0.1, 0.15) is 12.8 Å². The molecule has 1 amide bonds. The molecule has 0 aliphatic carbocycles. The predicted octanol–water partition coefficient (Wildman–Crippen LogP) is 1.19. The number of likely N-dealkylation sites (tertiary alicyclic amines) is 1. The first kappa shape index (κ1) is 13.0. The largest absolute Gasteiger partial charge is 0.326 e. The minimum atomic E-state index is -0.408. The van der Waals surface area contributed by atoms with Crippen molar-refractivity contribution in [2.45, 2.75) is 18.9 Å². The molecule has 4 nitrogen and oxygen atoms in total. The van der Waals surface area contributed by atoms with E-state index in [1.807, 2.05) is 0 Å². The molecule has 1 aliphatic heterocycles. The molecule has 0 saturated carbocycles. The lowest BCUT2D eigenvalue weighted by Crippen LogP contribution is -2.29. The summed E-state index contributed by atoms with van der Waals surface area (Å²) in [6, 6.07) is 6.39. The fraction of sp³-hybridized carbons (Fsp3) is 0.462. The Morgan fingerprint density at radius 3 is 2.94 bits per heavy atom. The van der Waals surface area contributed by atoms with E-state index >= 15 is 0 Å². The van der Waals surface area contributed by atoms with E-state index in [1.54, 1.807) is 18.2 Å². The number of rotatable bonds is 4. The molecule has 3 N–H and O–H groups in total. The van der Waals surface area contributed by atoms with Gasteiger partial charge in [0.05, 0.1) is 5.69 Å². The van der Waals surface area contributed by atoms with Crippen LogP contribution in [0, 0.1) is 5.82 Å². The van der Waals surface area contributed by atoms with Crippen molar-refractivity contribution < 1.29 is 9.18 Å². The summed E-state index contributed by atoms with van der Waals surface area (Å²) in [6.07, 6.45) is 1.34. The van der Waals surface area contributed by atoms with Gasteiger partial charge in [-0.25, -0.2) is 4.39 Å². The number of anilines is 1. The minimum absolute atomic E-state index is 0.166. The number of nitrogens with two attached hydrogens (primary N) is 1. The topological polar surface area (TPSA) is 58.4 Å². The van der Waals surface area contributed by atoms with Gasteiger partial charge in [-0.05, 0) is 25.1 Å². The molecular formula is C13H18FN3O. The number of hydrogen-bond acceptors (Lipinski definition) is 3. The fourth-order valence-electron chi connectivity index (χ4n) is 2.10. The van der Waals surface area contributed by atoms with Gasteiger partial charge in [0, 0.05) is 25.6 Å². The van der Waals surface area contributed by atoms with Crippen molar-refractivity contribution in [1.29, 1.82) is 0 Å². The number of carbonyl (C=O) groups is 1. The van der Waals surface area contributed by atoms with Crippen LogP contribution in [0.3, 0.4) is 0 Å². The lowest BCUT2D eigenvalue weighted by molar-refractivity contribution is -0.116. The number of hydrogen-bond donors (Lipinski definition) is 2. The first-order chi connectivity index (χ1) is 8.65. The van der Waals surface area contributed by atoms with Gasteiger partial charge >= 0.3 is 0 Å². The summed E-state index contributed by atoms with van der Waals surface area (Å²) in [5.41, 5.74) is 6.02. The van der Waals surface area contributed by atoms with Gasteiger partial charge in [-0.1, -0.05) is 12.1 Å². The molecule has 1 saturated heterocycles. The minimum Gasteiger partial charge on any atom is -0.326 e. The Morgan fingerprint density at radius 1 is 1.50 bits per heavy atom. The molecule has 0 aromatic heterocycles. The number of halogens is 1. The zero-order chi connectivity index (χ0) is 13.0. The average molecular weight is 251 g/mol. The molecular weight excluding hydrogens is 233 g/mol. The van der Waals surface area contributed by atoms with Crippen LogP contribution in [0.15, 0.2) is 24.3 Å². The standard InChI is InChI=1S/C13H18FN3O/c14-11-3-1-2-4-12(11)16-13(18)6-8-17-7-5-10(15)9-17/h1-4,10H,5-9,15H2,(H,16,18). The number of amides is 1. The first-order valence-electron chi connectivity index (χ1n) is 6.17. The van der Waals surface area contributed by atoms with Crippen molar-refractivity contribution in [1.82, 2.24) is 4.90 Å². The Morgan fingerprint density at radius 2 is 2.28 bits per heavy atom. The van der Waals surface area contributed by atoms with Gasteiger partial charge < -0.3 is 16.0 Å². The second kappa shape index (κ2) is 5.93. The Kier molecular flexibility index (Phi) is 4.28. The molecule has 2 rings (SSSR count). The molecule has 1 aliphatic rings. The molecule has 1 unspecified atom stereocenters. The van der Waals surface area contributed by atoms with Gasteiger partial charge in [-0.15, -0.1) is 0 Å². The highest BCUT2D eigenvalue weighted by molar-refractivity contribution is 5.90. The van der Waals surface area contributed by atoms with Gasteiger partial charge in [0.15, 0.2) is 0 Å². The molecule has 1 fully saturated rings. The van der Waals surface area contributed by atoms with Crippen LogP contribution >= 0.6 is 0 Å². The molecule has 98 valence electrons.